The van der Waals surface area contributed by atoms with Gasteiger partial charge in [-0.1, -0.05) is 12.1 Å². The number of esters is 1. The Bertz CT molecular complexity index is 837. The number of piperazine rings is 1. The maximum Gasteiger partial charge on any atom is 0.341 e. The van der Waals surface area contributed by atoms with Crippen molar-refractivity contribution in [3.63, 3.8) is 0 Å². The van der Waals surface area contributed by atoms with E-state index in [0.717, 1.165) is 18.8 Å². The lowest BCUT2D eigenvalue weighted by Crippen LogP contribution is -2.48. The van der Waals surface area contributed by atoms with Crippen LogP contribution in [0.25, 0.3) is 0 Å². The van der Waals surface area contributed by atoms with E-state index in [1.165, 1.54) is 7.11 Å². The Kier molecular flexibility index (Phi) is 6.36. The highest BCUT2D eigenvalue weighted by Crippen LogP contribution is 2.22. The number of nitrogens with zero attached hydrogens (tertiary/aromatic N) is 2. The zero-order valence-corrected chi connectivity index (χ0v) is 16.6. The summed E-state index contributed by atoms with van der Waals surface area (Å²) in [5.41, 5.74) is 1.06. The van der Waals surface area contributed by atoms with Gasteiger partial charge >= 0.3 is 5.97 Å². The molecule has 0 spiro atoms. The molecule has 0 saturated carbocycles. The molecule has 150 valence electrons. The van der Waals surface area contributed by atoms with Crippen molar-refractivity contribution in [1.29, 1.82) is 0 Å². The second kappa shape index (κ2) is 8.93. The smallest absolute Gasteiger partial charge is 0.341 e. The third-order valence-corrected chi connectivity index (χ3v) is 4.83. The van der Waals surface area contributed by atoms with Crippen LogP contribution in [0.4, 0.5) is 0 Å². The van der Waals surface area contributed by atoms with Gasteiger partial charge in [0.25, 0.3) is 5.91 Å². The summed E-state index contributed by atoms with van der Waals surface area (Å²) >= 11 is 0. The van der Waals surface area contributed by atoms with E-state index in [1.807, 2.05) is 30.0 Å². The Labute approximate surface area is 164 Å². The van der Waals surface area contributed by atoms with Crippen LogP contribution in [0, 0.1) is 6.92 Å². The van der Waals surface area contributed by atoms with Gasteiger partial charge in [-0.2, -0.15) is 0 Å². The highest BCUT2D eigenvalue weighted by molar-refractivity contribution is 5.97. The van der Waals surface area contributed by atoms with Crippen molar-refractivity contribution >= 4 is 11.9 Å². The number of hydrogen-bond acceptors (Lipinski definition) is 6. The zero-order chi connectivity index (χ0) is 20.1. The van der Waals surface area contributed by atoms with Gasteiger partial charge in [-0.3, -0.25) is 9.69 Å². The first kappa shape index (κ1) is 19.9. The number of methoxy groups -OCH3 is 1. The fraction of sp³-hybridized carbons (Fsp3) is 0.429. The van der Waals surface area contributed by atoms with E-state index in [4.69, 9.17) is 13.9 Å². The van der Waals surface area contributed by atoms with Gasteiger partial charge in [0.1, 0.15) is 22.8 Å². The minimum absolute atomic E-state index is 0.00878. The Balaban J connectivity index is 1.59. The van der Waals surface area contributed by atoms with Crippen molar-refractivity contribution in [3.05, 3.63) is 53.0 Å². The maximum atomic E-state index is 12.9. The van der Waals surface area contributed by atoms with E-state index in [-0.39, 0.29) is 5.91 Å². The summed E-state index contributed by atoms with van der Waals surface area (Å²) in [6.07, 6.45) is 0. The van der Waals surface area contributed by atoms with Gasteiger partial charge < -0.3 is 18.8 Å². The topological polar surface area (TPSA) is 72.2 Å². The van der Waals surface area contributed by atoms with Gasteiger partial charge in [0.05, 0.1) is 25.8 Å². The first-order valence-corrected chi connectivity index (χ1v) is 9.44. The first-order valence-electron chi connectivity index (χ1n) is 9.44. The van der Waals surface area contributed by atoms with Crippen molar-refractivity contribution in [1.82, 2.24) is 9.80 Å². The number of hydrogen-bond donors (Lipinski definition) is 0. The fourth-order valence-electron chi connectivity index (χ4n) is 3.36. The molecule has 1 aliphatic heterocycles. The van der Waals surface area contributed by atoms with Gasteiger partial charge in [-0.15, -0.1) is 0 Å². The summed E-state index contributed by atoms with van der Waals surface area (Å²) in [5.74, 6) is 1.50. The SMILES string of the molecule is CCOc1ccccc1C(=O)N1CCN(Cc2cc(C(=O)OC)c(C)o2)CC1. The molecule has 0 N–H and O–H groups in total. The Morgan fingerprint density at radius 1 is 1.11 bits per heavy atom. The maximum absolute atomic E-state index is 12.9. The van der Waals surface area contributed by atoms with Crippen molar-refractivity contribution in [2.45, 2.75) is 20.4 Å². The lowest BCUT2D eigenvalue weighted by atomic mass is 10.1. The van der Waals surface area contributed by atoms with Crippen LogP contribution in [-0.4, -0.2) is 61.6 Å². The van der Waals surface area contributed by atoms with Gasteiger partial charge in [-0.05, 0) is 32.0 Å². The van der Waals surface area contributed by atoms with Crippen LogP contribution in [-0.2, 0) is 11.3 Å². The number of furan rings is 1. The van der Waals surface area contributed by atoms with Gasteiger partial charge in [0, 0.05) is 26.2 Å². The number of ether oxygens (including phenoxy) is 2. The monoisotopic (exact) mass is 386 g/mol. The number of carbonyl (C=O) groups excluding carboxylic acids is 2. The molecule has 0 bridgehead atoms. The molecule has 1 saturated heterocycles. The summed E-state index contributed by atoms with van der Waals surface area (Å²) in [7, 11) is 1.36. The van der Waals surface area contributed by atoms with Crippen molar-refractivity contribution in [3.8, 4) is 5.75 Å². The molecule has 2 heterocycles. The normalized spacial score (nSPS) is 14.8. The fourth-order valence-corrected chi connectivity index (χ4v) is 3.36. The number of aryl methyl sites for hydroxylation is 1. The second-order valence-electron chi connectivity index (χ2n) is 6.67. The quantitative estimate of drug-likeness (QED) is 0.711. The minimum Gasteiger partial charge on any atom is -0.493 e. The molecule has 1 aromatic carbocycles. The molecule has 0 unspecified atom stereocenters. The molecule has 1 fully saturated rings. The van der Waals surface area contributed by atoms with Crippen LogP contribution in [0.15, 0.2) is 34.7 Å². The summed E-state index contributed by atoms with van der Waals surface area (Å²) < 4.78 is 16.0. The predicted molar refractivity (Wildman–Crippen MR) is 104 cm³/mol. The van der Waals surface area contributed by atoms with Crippen LogP contribution in [0.5, 0.6) is 5.75 Å². The molecule has 1 aliphatic rings. The highest BCUT2D eigenvalue weighted by atomic mass is 16.5. The van der Waals surface area contributed by atoms with Crippen LogP contribution in [0.3, 0.4) is 0 Å². The molecule has 3 rings (SSSR count). The second-order valence-corrected chi connectivity index (χ2v) is 6.67. The molecule has 0 atom stereocenters. The summed E-state index contributed by atoms with van der Waals surface area (Å²) in [5, 5.41) is 0. The van der Waals surface area contributed by atoms with Crippen LogP contribution in [0.2, 0.25) is 0 Å². The van der Waals surface area contributed by atoms with E-state index < -0.39 is 5.97 Å². The number of amides is 1. The molecule has 0 aliphatic carbocycles. The number of para-hydroxylation sites is 1. The molecule has 28 heavy (non-hydrogen) atoms. The van der Waals surface area contributed by atoms with Gasteiger partial charge in [0.2, 0.25) is 0 Å². The third kappa shape index (κ3) is 4.36. The molecule has 0 radical (unpaired) electrons. The molecule has 7 nitrogen and oxygen atoms in total. The van der Waals surface area contributed by atoms with Crippen LogP contribution >= 0.6 is 0 Å². The van der Waals surface area contributed by atoms with E-state index >= 15 is 0 Å². The first-order chi connectivity index (χ1) is 13.5. The van der Waals surface area contributed by atoms with E-state index in [2.05, 4.69) is 4.90 Å². The van der Waals surface area contributed by atoms with Crippen LogP contribution in [0.1, 0.15) is 39.2 Å². The average Bonchev–Trinajstić information content (AvgIpc) is 3.08. The molecular formula is C21H26N2O5. The van der Waals surface area contributed by atoms with Gasteiger partial charge in [-0.25, -0.2) is 4.79 Å². The van der Waals surface area contributed by atoms with E-state index in [0.29, 0.717) is 48.9 Å². The Morgan fingerprint density at radius 3 is 2.50 bits per heavy atom. The molecule has 1 aromatic heterocycles. The summed E-state index contributed by atoms with van der Waals surface area (Å²) in [4.78, 5) is 28.6. The Hall–Kier alpha value is -2.80. The van der Waals surface area contributed by atoms with E-state index in [9.17, 15) is 9.59 Å². The number of rotatable bonds is 6. The number of carbonyl (C=O) groups is 2. The zero-order valence-electron chi connectivity index (χ0n) is 16.6. The standard InChI is InChI=1S/C21H26N2O5/c1-4-27-19-8-6-5-7-17(19)20(24)23-11-9-22(10-12-23)14-16-13-18(15(2)28-16)21(25)26-3/h5-8,13H,4,9-12,14H2,1-3H3. The molecule has 2 aromatic rings. The highest BCUT2D eigenvalue weighted by Gasteiger charge is 2.25. The van der Waals surface area contributed by atoms with Crippen molar-refractivity contribution in [2.24, 2.45) is 0 Å². The van der Waals surface area contributed by atoms with Gasteiger partial charge in [0.15, 0.2) is 0 Å². The predicted octanol–water partition coefficient (Wildman–Crippen LogP) is 2.73. The number of benzene rings is 1. The van der Waals surface area contributed by atoms with Crippen LogP contribution < -0.4 is 4.74 Å². The summed E-state index contributed by atoms with van der Waals surface area (Å²) in [6.45, 7) is 7.49. The summed E-state index contributed by atoms with van der Waals surface area (Å²) in [6, 6.07) is 9.08. The average molecular weight is 386 g/mol. The molecule has 7 heteroatoms. The third-order valence-electron chi connectivity index (χ3n) is 4.83. The van der Waals surface area contributed by atoms with E-state index in [1.54, 1.807) is 19.1 Å². The largest absolute Gasteiger partial charge is 0.493 e. The van der Waals surface area contributed by atoms with Crippen molar-refractivity contribution in [2.75, 3.05) is 39.9 Å². The lowest BCUT2D eigenvalue weighted by Gasteiger charge is -2.34. The van der Waals surface area contributed by atoms with Crippen molar-refractivity contribution < 1.29 is 23.5 Å². The Morgan fingerprint density at radius 2 is 1.82 bits per heavy atom. The molecule has 1 amide bonds. The molecular weight excluding hydrogens is 360 g/mol. The lowest BCUT2D eigenvalue weighted by molar-refractivity contribution is 0.0596. The minimum atomic E-state index is -0.393.